The number of ether oxygens (including phenoxy) is 1. The molecule has 0 spiro atoms. The van der Waals surface area contributed by atoms with Crippen LogP contribution in [0.3, 0.4) is 0 Å². The molecule has 5 N–H and O–H groups in total. The zero-order valence-corrected chi connectivity index (χ0v) is 14.6. The molecule has 0 aliphatic rings. The van der Waals surface area contributed by atoms with Crippen molar-refractivity contribution in [3.05, 3.63) is 23.8 Å². The highest BCUT2D eigenvalue weighted by Gasteiger charge is 2.40. The first kappa shape index (κ1) is 23.2. The van der Waals surface area contributed by atoms with Crippen molar-refractivity contribution in [2.75, 3.05) is 7.11 Å². The van der Waals surface area contributed by atoms with Crippen LogP contribution in [0.5, 0.6) is 11.5 Å². The molecular formula is C17H24O9. The Morgan fingerprint density at radius 3 is 2.00 bits per heavy atom. The summed E-state index contributed by atoms with van der Waals surface area (Å²) in [6.07, 6.45) is 0.861. The number of para-hydroxylation sites is 1. The van der Waals surface area contributed by atoms with E-state index in [1.165, 1.54) is 0 Å². The van der Waals surface area contributed by atoms with Gasteiger partial charge in [-0.1, -0.05) is 25.5 Å². The van der Waals surface area contributed by atoms with Crippen molar-refractivity contribution in [3.63, 3.8) is 0 Å². The normalized spacial score (nSPS) is 10.4. The lowest BCUT2D eigenvalue weighted by molar-refractivity contribution is -0.170. The molecule has 0 saturated carbocycles. The second kappa shape index (κ2) is 10.9. The fourth-order valence-electron chi connectivity index (χ4n) is 2.02. The summed E-state index contributed by atoms with van der Waals surface area (Å²) in [6.45, 7) is 2.14. The number of hydrogen-bond donors (Lipinski definition) is 5. The lowest BCUT2D eigenvalue weighted by atomic mass is 9.96. The maximum atomic E-state index is 10.3. The number of phenolic OH excluding ortho intramolecular Hbond substituents is 1. The highest BCUT2D eigenvalue weighted by Crippen LogP contribution is 2.30. The van der Waals surface area contributed by atoms with Gasteiger partial charge in [-0.2, -0.15) is 0 Å². The van der Waals surface area contributed by atoms with Gasteiger partial charge < -0.3 is 30.3 Å². The number of rotatable bonds is 9. The van der Waals surface area contributed by atoms with E-state index in [0.717, 1.165) is 24.8 Å². The van der Waals surface area contributed by atoms with Crippen LogP contribution in [0.4, 0.5) is 0 Å². The number of benzene rings is 1. The van der Waals surface area contributed by atoms with E-state index in [0.29, 0.717) is 11.5 Å². The van der Waals surface area contributed by atoms with E-state index in [2.05, 4.69) is 6.92 Å². The van der Waals surface area contributed by atoms with Crippen LogP contribution < -0.4 is 4.74 Å². The van der Waals surface area contributed by atoms with Crippen molar-refractivity contribution in [2.24, 2.45) is 0 Å². The predicted octanol–water partition coefficient (Wildman–Crippen LogP) is 1.49. The van der Waals surface area contributed by atoms with E-state index in [4.69, 9.17) is 25.2 Å². The van der Waals surface area contributed by atoms with Crippen LogP contribution in [0, 0.1) is 0 Å². The zero-order chi connectivity index (χ0) is 20.3. The number of phenols is 1. The number of methoxy groups -OCH3 is 1. The largest absolute Gasteiger partial charge is 0.504 e. The monoisotopic (exact) mass is 372 g/mol. The summed E-state index contributed by atoms with van der Waals surface area (Å²) < 4.78 is 5.02. The highest BCUT2D eigenvalue weighted by molar-refractivity contribution is 5.88. The maximum Gasteiger partial charge on any atom is 0.336 e. The van der Waals surface area contributed by atoms with Gasteiger partial charge in [0.25, 0.3) is 0 Å². The van der Waals surface area contributed by atoms with E-state index in [1.54, 1.807) is 13.2 Å². The molecule has 0 unspecified atom stereocenters. The SMILES string of the molecule is CCCCc1cccc(OC)c1O.O=C(O)CC(O)(CC(=O)O)C(=O)O. The van der Waals surface area contributed by atoms with Crippen LogP contribution in [-0.2, 0) is 20.8 Å². The summed E-state index contributed by atoms with van der Waals surface area (Å²) in [7, 11) is 1.57. The third kappa shape index (κ3) is 7.84. The van der Waals surface area contributed by atoms with Crippen molar-refractivity contribution in [3.8, 4) is 11.5 Å². The molecular weight excluding hydrogens is 348 g/mol. The molecule has 0 aliphatic heterocycles. The lowest BCUT2D eigenvalue weighted by Crippen LogP contribution is -2.42. The average Bonchev–Trinajstić information content (AvgIpc) is 2.53. The molecule has 26 heavy (non-hydrogen) atoms. The van der Waals surface area contributed by atoms with Gasteiger partial charge in [-0.15, -0.1) is 0 Å². The molecule has 9 heteroatoms. The molecule has 0 fully saturated rings. The Morgan fingerprint density at radius 1 is 1.08 bits per heavy atom. The average molecular weight is 372 g/mol. The first-order valence-corrected chi connectivity index (χ1v) is 7.81. The Bertz CT molecular complexity index is 609. The topological polar surface area (TPSA) is 162 Å². The van der Waals surface area contributed by atoms with Gasteiger partial charge in [-0.05, 0) is 24.5 Å². The van der Waals surface area contributed by atoms with Crippen LogP contribution in [-0.4, -0.2) is 56.2 Å². The van der Waals surface area contributed by atoms with Crippen molar-refractivity contribution in [2.45, 2.75) is 44.6 Å². The molecule has 1 aromatic carbocycles. The summed E-state index contributed by atoms with van der Waals surface area (Å²) in [5, 5.41) is 43.5. The van der Waals surface area contributed by atoms with Gasteiger partial charge >= 0.3 is 17.9 Å². The van der Waals surface area contributed by atoms with E-state index >= 15 is 0 Å². The molecule has 1 aromatic rings. The molecule has 0 saturated heterocycles. The molecule has 0 atom stereocenters. The van der Waals surface area contributed by atoms with Gasteiger partial charge in [-0.3, -0.25) is 9.59 Å². The zero-order valence-electron chi connectivity index (χ0n) is 14.6. The molecule has 0 heterocycles. The van der Waals surface area contributed by atoms with Gasteiger partial charge in [0.1, 0.15) is 0 Å². The fraction of sp³-hybridized carbons (Fsp3) is 0.471. The fourth-order valence-corrected chi connectivity index (χ4v) is 2.02. The Kier molecular flexibility index (Phi) is 9.75. The van der Waals surface area contributed by atoms with Crippen LogP contribution in [0.1, 0.15) is 38.2 Å². The standard InChI is InChI=1S/C11H16O2.C6H8O7/c1-3-4-6-9-7-5-8-10(13-2)11(9)12;7-3(8)1-6(13,5(11)12)2-4(9)10/h5,7-8,12H,3-4,6H2,1-2H3;13H,1-2H2,(H,7,8)(H,9,10)(H,11,12). The summed E-state index contributed by atoms with van der Waals surface area (Å²) >= 11 is 0. The number of hydrogen-bond acceptors (Lipinski definition) is 6. The van der Waals surface area contributed by atoms with Gasteiger partial charge in [0.15, 0.2) is 17.1 Å². The molecule has 0 amide bonds. The first-order chi connectivity index (χ1) is 12.1. The molecule has 0 radical (unpaired) electrons. The molecule has 0 aromatic heterocycles. The highest BCUT2D eigenvalue weighted by atomic mass is 16.5. The van der Waals surface area contributed by atoms with Gasteiger partial charge in [-0.25, -0.2) is 4.79 Å². The van der Waals surface area contributed by atoms with Crippen molar-refractivity contribution in [1.82, 2.24) is 0 Å². The van der Waals surface area contributed by atoms with E-state index < -0.39 is 36.4 Å². The van der Waals surface area contributed by atoms with Gasteiger partial charge in [0, 0.05) is 0 Å². The van der Waals surface area contributed by atoms with Crippen LogP contribution >= 0.6 is 0 Å². The number of carboxylic acids is 3. The third-order valence-electron chi connectivity index (χ3n) is 3.39. The number of aryl methyl sites for hydroxylation is 1. The Labute approximate surface area is 150 Å². The molecule has 146 valence electrons. The van der Waals surface area contributed by atoms with Crippen LogP contribution in [0.25, 0.3) is 0 Å². The second-order valence-electron chi connectivity index (χ2n) is 5.55. The van der Waals surface area contributed by atoms with Crippen molar-refractivity contribution < 1.29 is 44.7 Å². The number of aliphatic carboxylic acids is 3. The number of carbonyl (C=O) groups is 3. The quantitative estimate of drug-likeness (QED) is 0.432. The maximum absolute atomic E-state index is 10.3. The Hall–Kier alpha value is -2.81. The summed E-state index contributed by atoms with van der Waals surface area (Å²) in [5.41, 5.74) is -1.77. The predicted molar refractivity (Wildman–Crippen MR) is 90.4 cm³/mol. The summed E-state index contributed by atoms with van der Waals surface area (Å²) in [5.74, 6) is -4.17. The van der Waals surface area contributed by atoms with E-state index in [1.807, 2.05) is 12.1 Å². The first-order valence-electron chi connectivity index (χ1n) is 7.81. The van der Waals surface area contributed by atoms with E-state index in [-0.39, 0.29) is 0 Å². The van der Waals surface area contributed by atoms with E-state index in [9.17, 15) is 19.5 Å². The number of aliphatic hydroxyl groups is 1. The molecule has 9 nitrogen and oxygen atoms in total. The number of carboxylic acid groups (broad SMARTS) is 3. The minimum Gasteiger partial charge on any atom is -0.504 e. The Morgan fingerprint density at radius 2 is 1.62 bits per heavy atom. The van der Waals surface area contributed by atoms with Crippen LogP contribution in [0.2, 0.25) is 0 Å². The smallest absolute Gasteiger partial charge is 0.336 e. The lowest BCUT2D eigenvalue weighted by Gasteiger charge is -2.18. The number of aromatic hydroxyl groups is 1. The van der Waals surface area contributed by atoms with Crippen LogP contribution in [0.15, 0.2) is 18.2 Å². The minimum atomic E-state index is -2.74. The molecule has 0 aliphatic carbocycles. The van der Waals surface area contributed by atoms with Crippen molar-refractivity contribution >= 4 is 17.9 Å². The van der Waals surface area contributed by atoms with Crippen molar-refractivity contribution in [1.29, 1.82) is 0 Å². The van der Waals surface area contributed by atoms with Gasteiger partial charge in [0.05, 0.1) is 20.0 Å². The summed E-state index contributed by atoms with van der Waals surface area (Å²) in [4.78, 5) is 30.5. The second-order valence-corrected chi connectivity index (χ2v) is 5.55. The molecule has 1 rings (SSSR count). The number of unbranched alkanes of at least 4 members (excludes halogenated alkanes) is 1. The molecule has 0 bridgehead atoms. The minimum absolute atomic E-state index is 0.290. The summed E-state index contributed by atoms with van der Waals surface area (Å²) in [6, 6.07) is 5.61. The third-order valence-corrected chi connectivity index (χ3v) is 3.39. The van der Waals surface area contributed by atoms with Gasteiger partial charge in [0.2, 0.25) is 0 Å². The Balaban J connectivity index is 0.000000481.